The highest BCUT2D eigenvalue weighted by Crippen LogP contribution is 2.22. The van der Waals surface area contributed by atoms with Gasteiger partial charge >= 0.3 is 0 Å². The van der Waals surface area contributed by atoms with Gasteiger partial charge in [-0.1, -0.05) is 18.2 Å². The van der Waals surface area contributed by atoms with Crippen LogP contribution in [0.25, 0.3) is 5.57 Å². The fraction of sp³-hybridized carbons (Fsp3) is 0.333. The van der Waals surface area contributed by atoms with Gasteiger partial charge in [-0.3, -0.25) is 0 Å². The van der Waals surface area contributed by atoms with Crippen molar-refractivity contribution in [3.05, 3.63) is 40.6 Å². The molecule has 0 heterocycles. The minimum atomic E-state index is 0.397. The maximum atomic E-state index is 9.37. The van der Waals surface area contributed by atoms with Gasteiger partial charge in [0.25, 0.3) is 0 Å². The van der Waals surface area contributed by atoms with Crippen molar-refractivity contribution in [2.75, 3.05) is 0 Å². The molecule has 0 aliphatic rings. The second kappa shape index (κ2) is 3.65. The van der Waals surface area contributed by atoms with Crippen LogP contribution < -0.4 is 0 Å². The highest BCUT2D eigenvalue weighted by Gasteiger charge is 2.04. The third kappa shape index (κ3) is 1.92. The molecule has 1 aromatic carbocycles. The zero-order chi connectivity index (χ0) is 10.0. The van der Waals surface area contributed by atoms with Crippen LogP contribution in [-0.4, -0.2) is 5.11 Å². The van der Waals surface area contributed by atoms with E-state index in [1.165, 1.54) is 11.1 Å². The van der Waals surface area contributed by atoms with E-state index in [9.17, 15) is 5.11 Å². The number of allylic oxidation sites excluding steroid dienone is 2. The Balaban J connectivity index is 3.32. The predicted octanol–water partition coefficient (Wildman–Crippen LogP) is 3.61. The zero-order valence-corrected chi connectivity index (χ0v) is 8.68. The average molecular weight is 176 g/mol. The minimum Gasteiger partial charge on any atom is -0.512 e. The molecule has 0 unspecified atom stereocenters. The lowest BCUT2D eigenvalue weighted by Gasteiger charge is -2.09. The molecule has 0 spiro atoms. The summed E-state index contributed by atoms with van der Waals surface area (Å²) in [5.74, 6) is 0.397. The van der Waals surface area contributed by atoms with Crippen LogP contribution in [0.5, 0.6) is 0 Å². The van der Waals surface area contributed by atoms with Gasteiger partial charge in [0.2, 0.25) is 0 Å². The standard InChI is InChI=1S/C12H16O/c1-8-6-5-7-12(9(8)2)10(3)11(4)13/h5-7,13H,1-4H3. The van der Waals surface area contributed by atoms with Gasteiger partial charge < -0.3 is 5.11 Å². The van der Waals surface area contributed by atoms with Crippen LogP contribution in [0.15, 0.2) is 24.0 Å². The fourth-order valence-electron chi connectivity index (χ4n) is 1.35. The van der Waals surface area contributed by atoms with E-state index in [2.05, 4.69) is 19.9 Å². The van der Waals surface area contributed by atoms with Crippen molar-refractivity contribution in [3.63, 3.8) is 0 Å². The molecule has 1 heteroatoms. The zero-order valence-electron chi connectivity index (χ0n) is 8.68. The first-order valence-electron chi connectivity index (χ1n) is 4.47. The van der Waals surface area contributed by atoms with Gasteiger partial charge in [0.1, 0.15) is 0 Å². The van der Waals surface area contributed by atoms with Crippen LogP contribution in [0.4, 0.5) is 0 Å². The highest BCUT2D eigenvalue weighted by atomic mass is 16.3. The van der Waals surface area contributed by atoms with E-state index in [4.69, 9.17) is 0 Å². The van der Waals surface area contributed by atoms with Crippen molar-refractivity contribution in [1.82, 2.24) is 0 Å². The van der Waals surface area contributed by atoms with Crippen molar-refractivity contribution < 1.29 is 5.11 Å². The maximum Gasteiger partial charge on any atom is 0.0926 e. The summed E-state index contributed by atoms with van der Waals surface area (Å²) < 4.78 is 0. The SMILES string of the molecule is CC(O)=C(C)c1cccc(C)c1C. The van der Waals surface area contributed by atoms with Crippen LogP contribution in [0.3, 0.4) is 0 Å². The molecule has 0 saturated heterocycles. The Labute approximate surface area is 79.7 Å². The summed E-state index contributed by atoms with van der Waals surface area (Å²) in [6.07, 6.45) is 0. The average Bonchev–Trinajstić information content (AvgIpc) is 2.08. The second-order valence-electron chi connectivity index (χ2n) is 3.46. The van der Waals surface area contributed by atoms with Crippen LogP contribution in [-0.2, 0) is 0 Å². The smallest absolute Gasteiger partial charge is 0.0926 e. The second-order valence-corrected chi connectivity index (χ2v) is 3.46. The molecule has 0 radical (unpaired) electrons. The lowest BCUT2D eigenvalue weighted by atomic mass is 9.97. The third-order valence-corrected chi connectivity index (χ3v) is 2.55. The molecule has 0 amide bonds. The number of rotatable bonds is 1. The van der Waals surface area contributed by atoms with E-state index in [0.717, 1.165) is 11.1 Å². The Morgan fingerprint density at radius 1 is 1.15 bits per heavy atom. The van der Waals surface area contributed by atoms with Gasteiger partial charge in [-0.15, -0.1) is 0 Å². The fourth-order valence-corrected chi connectivity index (χ4v) is 1.35. The summed E-state index contributed by atoms with van der Waals surface area (Å²) in [4.78, 5) is 0. The van der Waals surface area contributed by atoms with E-state index in [1.54, 1.807) is 6.92 Å². The molecule has 0 atom stereocenters. The Kier molecular flexibility index (Phi) is 2.76. The normalized spacial score (nSPS) is 12.6. The Hall–Kier alpha value is -1.24. The minimum absolute atomic E-state index is 0.397. The number of hydrogen-bond acceptors (Lipinski definition) is 1. The van der Waals surface area contributed by atoms with Gasteiger partial charge in [-0.05, 0) is 50.0 Å². The first-order chi connectivity index (χ1) is 6.04. The van der Waals surface area contributed by atoms with Crippen molar-refractivity contribution in [2.24, 2.45) is 0 Å². The number of hydrogen-bond donors (Lipinski definition) is 1. The number of aliphatic hydroxyl groups excluding tert-OH is 1. The van der Waals surface area contributed by atoms with Crippen LogP contribution >= 0.6 is 0 Å². The first kappa shape index (κ1) is 9.85. The first-order valence-corrected chi connectivity index (χ1v) is 4.47. The summed E-state index contributed by atoms with van der Waals surface area (Å²) in [5, 5.41) is 9.37. The molecule has 1 nitrogen and oxygen atoms in total. The number of aliphatic hydroxyl groups is 1. The van der Waals surface area contributed by atoms with Crippen LogP contribution in [0.1, 0.15) is 30.5 Å². The molecule has 0 saturated carbocycles. The Bertz CT molecular complexity index is 344. The molecule has 0 aliphatic heterocycles. The van der Waals surface area contributed by atoms with Gasteiger partial charge in [-0.25, -0.2) is 0 Å². The van der Waals surface area contributed by atoms with E-state index >= 15 is 0 Å². The Morgan fingerprint density at radius 2 is 1.77 bits per heavy atom. The topological polar surface area (TPSA) is 20.2 Å². The molecule has 0 aliphatic carbocycles. The summed E-state index contributed by atoms with van der Waals surface area (Å²) in [6, 6.07) is 6.14. The quantitative estimate of drug-likeness (QED) is 0.648. The monoisotopic (exact) mass is 176 g/mol. The molecule has 0 aromatic heterocycles. The highest BCUT2D eigenvalue weighted by molar-refractivity contribution is 5.68. The molecule has 70 valence electrons. The van der Waals surface area contributed by atoms with Gasteiger partial charge in [0.05, 0.1) is 5.76 Å². The number of benzene rings is 1. The molecule has 0 bridgehead atoms. The Morgan fingerprint density at radius 3 is 2.31 bits per heavy atom. The van der Waals surface area contributed by atoms with E-state index in [0.29, 0.717) is 5.76 Å². The molecule has 1 N–H and O–H groups in total. The van der Waals surface area contributed by atoms with Crippen molar-refractivity contribution >= 4 is 5.57 Å². The molecule has 0 fully saturated rings. The van der Waals surface area contributed by atoms with E-state index < -0.39 is 0 Å². The van der Waals surface area contributed by atoms with Crippen LogP contribution in [0, 0.1) is 13.8 Å². The summed E-state index contributed by atoms with van der Waals surface area (Å²) in [7, 11) is 0. The number of aryl methyl sites for hydroxylation is 1. The maximum absolute atomic E-state index is 9.37. The molecule has 13 heavy (non-hydrogen) atoms. The lowest BCUT2D eigenvalue weighted by Crippen LogP contribution is -1.91. The predicted molar refractivity (Wildman–Crippen MR) is 56.8 cm³/mol. The molecular weight excluding hydrogens is 160 g/mol. The van der Waals surface area contributed by atoms with Gasteiger partial charge in [-0.2, -0.15) is 0 Å². The lowest BCUT2D eigenvalue weighted by molar-refractivity contribution is 0.416. The molecule has 1 rings (SSSR count). The van der Waals surface area contributed by atoms with Crippen molar-refractivity contribution in [1.29, 1.82) is 0 Å². The third-order valence-electron chi connectivity index (χ3n) is 2.55. The van der Waals surface area contributed by atoms with Crippen LogP contribution in [0.2, 0.25) is 0 Å². The largest absolute Gasteiger partial charge is 0.512 e. The van der Waals surface area contributed by atoms with E-state index in [-0.39, 0.29) is 0 Å². The van der Waals surface area contributed by atoms with Crippen molar-refractivity contribution in [2.45, 2.75) is 27.7 Å². The summed E-state index contributed by atoms with van der Waals surface area (Å²) >= 11 is 0. The summed E-state index contributed by atoms with van der Waals surface area (Å²) in [5.41, 5.74) is 4.60. The van der Waals surface area contributed by atoms with Gasteiger partial charge in [0.15, 0.2) is 0 Å². The van der Waals surface area contributed by atoms with Gasteiger partial charge in [0, 0.05) is 0 Å². The molecule has 1 aromatic rings. The molecular formula is C12H16O. The van der Waals surface area contributed by atoms with E-state index in [1.807, 2.05) is 19.1 Å². The van der Waals surface area contributed by atoms with Crippen molar-refractivity contribution in [3.8, 4) is 0 Å². The summed E-state index contributed by atoms with van der Waals surface area (Å²) in [6.45, 7) is 7.82.